The number of hydrogen-bond donors (Lipinski definition) is 1. The van der Waals surface area contributed by atoms with Crippen LogP contribution in [0.3, 0.4) is 0 Å². The van der Waals surface area contributed by atoms with E-state index in [0.29, 0.717) is 5.02 Å². The van der Waals surface area contributed by atoms with E-state index in [1.165, 1.54) is 0 Å². The predicted octanol–water partition coefficient (Wildman–Crippen LogP) is 19.2. The molecule has 12 rings (SSSR count). The minimum atomic E-state index is 0.569. The van der Waals surface area contributed by atoms with Gasteiger partial charge in [0.15, 0.2) is 0 Å². The van der Waals surface area contributed by atoms with E-state index in [0.717, 1.165) is 129 Å². The van der Waals surface area contributed by atoms with E-state index in [-0.39, 0.29) is 0 Å². The maximum Gasteiger partial charge on any atom is 0.135 e. The van der Waals surface area contributed by atoms with Gasteiger partial charge in [-0.25, -0.2) is 0 Å². The molecule has 0 radical (unpaired) electrons. The van der Waals surface area contributed by atoms with E-state index < -0.39 is 0 Å². The lowest BCUT2D eigenvalue weighted by Crippen LogP contribution is -2.15. The summed E-state index contributed by atoms with van der Waals surface area (Å²) < 4.78 is 19.1. The molecule has 3 heterocycles. The normalized spacial score (nSPS) is 11.4. The second-order valence-corrected chi connectivity index (χ2v) is 18.2. The van der Waals surface area contributed by atoms with Crippen molar-refractivity contribution in [3.8, 4) is 34.0 Å². The number of fused-ring (bicyclic) bond motifs is 3. The molecule has 3 aromatic heterocycles. The number of rotatable bonds is 11. The Morgan fingerprint density at radius 3 is 1.41 bits per heavy atom. The Bertz CT molecular complexity index is 3670. The highest BCUT2D eigenvalue weighted by atomic mass is 35.5. The van der Waals surface area contributed by atoms with E-state index >= 15 is 0 Å². The van der Waals surface area contributed by atoms with Crippen LogP contribution >= 0.6 is 11.6 Å². The first-order valence-electron chi connectivity index (χ1n) is 23.4. The van der Waals surface area contributed by atoms with Gasteiger partial charge in [-0.05, 0) is 159 Å². The number of furan rings is 3. The van der Waals surface area contributed by atoms with Crippen LogP contribution in [0.2, 0.25) is 5.02 Å². The molecule has 0 saturated carbocycles. The molecule has 0 bridgehead atoms. The molecule has 9 aromatic carbocycles. The van der Waals surface area contributed by atoms with Crippen LogP contribution in [0.1, 0.15) is 16.7 Å². The summed E-state index contributed by atoms with van der Waals surface area (Å²) in [5.41, 5.74) is 16.1. The number of para-hydroxylation sites is 5. The number of anilines is 8. The second kappa shape index (κ2) is 17.7. The molecule has 70 heavy (non-hydrogen) atoms. The lowest BCUT2D eigenvalue weighted by atomic mass is 10.0. The Labute approximate surface area is 411 Å². The Morgan fingerprint density at radius 2 is 0.857 bits per heavy atom. The second-order valence-electron chi connectivity index (χ2n) is 17.8. The van der Waals surface area contributed by atoms with Gasteiger partial charge in [0.05, 0.1) is 22.1 Å². The van der Waals surface area contributed by atoms with Crippen molar-refractivity contribution < 1.29 is 13.3 Å². The third-order valence-electron chi connectivity index (χ3n) is 12.9. The van der Waals surface area contributed by atoms with Crippen molar-refractivity contribution in [2.24, 2.45) is 0 Å². The fourth-order valence-electron chi connectivity index (χ4n) is 9.63. The smallest absolute Gasteiger partial charge is 0.135 e. The summed E-state index contributed by atoms with van der Waals surface area (Å²) in [6.45, 7) is 6.43. The fourth-order valence-corrected chi connectivity index (χ4v) is 9.87. The van der Waals surface area contributed by atoms with Gasteiger partial charge in [0.2, 0.25) is 0 Å². The summed E-state index contributed by atoms with van der Waals surface area (Å²) in [5, 5.41) is 7.48. The molecular weight excluding hydrogens is 882 g/mol. The first-order valence-corrected chi connectivity index (χ1v) is 23.8. The molecule has 0 atom stereocenters. The molecule has 6 nitrogen and oxygen atoms in total. The number of benzene rings is 9. The number of aryl methyl sites for hydroxylation is 3. The highest BCUT2D eigenvalue weighted by Gasteiger charge is 2.24. The van der Waals surface area contributed by atoms with E-state index in [1.54, 1.807) is 0 Å². The van der Waals surface area contributed by atoms with Crippen LogP contribution in [0.4, 0.5) is 45.5 Å². The molecule has 7 heteroatoms. The van der Waals surface area contributed by atoms with Gasteiger partial charge in [-0.15, -0.1) is 0 Å². The lowest BCUT2D eigenvalue weighted by Gasteiger charge is -2.32. The Kier molecular flexibility index (Phi) is 10.8. The zero-order valence-corrected chi connectivity index (χ0v) is 39.5. The van der Waals surface area contributed by atoms with Gasteiger partial charge in [0, 0.05) is 61.3 Å². The zero-order valence-electron chi connectivity index (χ0n) is 38.8. The average molecular weight is 929 g/mol. The van der Waals surface area contributed by atoms with Gasteiger partial charge in [-0.2, -0.15) is 0 Å². The summed E-state index contributed by atoms with van der Waals surface area (Å²) >= 11 is 7.78. The summed E-state index contributed by atoms with van der Waals surface area (Å²) in [6, 6.07) is 75.3. The summed E-state index contributed by atoms with van der Waals surface area (Å²) in [6.07, 6.45) is 0. The van der Waals surface area contributed by atoms with Crippen LogP contribution in [0.15, 0.2) is 232 Å². The van der Waals surface area contributed by atoms with Crippen molar-refractivity contribution in [2.75, 3.05) is 15.1 Å². The highest BCUT2D eigenvalue weighted by Crippen LogP contribution is 2.48. The third-order valence-corrected chi connectivity index (χ3v) is 13.3. The van der Waals surface area contributed by atoms with Crippen molar-refractivity contribution in [3.63, 3.8) is 0 Å². The SMILES string of the molecule is Cc1cc(Nc2cc(-c3cc4ccccc4o3)cc(-c3cc4ccccc4o3)c2)c(Cl)c(N(c2cccc(N(c3ccccc3)c3ccc(-c4cc5ccccc5o4)cc3)c2)c2c(C)cccc2C)c1. The molecule has 0 aliphatic rings. The number of hydrogen-bond acceptors (Lipinski definition) is 6. The quantitative estimate of drug-likeness (QED) is 0.139. The van der Waals surface area contributed by atoms with Gasteiger partial charge >= 0.3 is 0 Å². The van der Waals surface area contributed by atoms with Crippen molar-refractivity contribution in [1.82, 2.24) is 0 Å². The van der Waals surface area contributed by atoms with Crippen LogP contribution in [0.5, 0.6) is 0 Å². The summed E-state index contributed by atoms with van der Waals surface area (Å²) in [7, 11) is 0. The monoisotopic (exact) mass is 927 g/mol. The molecule has 0 aliphatic heterocycles. The minimum absolute atomic E-state index is 0.569. The average Bonchev–Trinajstić information content (AvgIpc) is 4.15. The van der Waals surface area contributed by atoms with Gasteiger partial charge in [-0.3, -0.25) is 0 Å². The van der Waals surface area contributed by atoms with E-state index in [4.69, 9.17) is 24.9 Å². The molecule has 0 amide bonds. The molecule has 0 saturated heterocycles. The van der Waals surface area contributed by atoms with Gasteiger partial charge < -0.3 is 28.4 Å². The molecule has 1 N–H and O–H groups in total. The number of nitrogens with zero attached hydrogens (tertiary/aromatic N) is 2. The van der Waals surface area contributed by atoms with E-state index in [2.05, 4.69) is 194 Å². The molecule has 0 aliphatic carbocycles. The first kappa shape index (κ1) is 42.6. The lowest BCUT2D eigenvalue weighted by molar-refractivity contribution is 0.629. The topological polar surface area (TPSA) is 57.9 Å². The van der Waals surface area contributed by atoms with Crippen LogP contribution in [-0.4, -0.2) is 0 Å². The Balaban J connectivity index is 0.967. The van der Waals surface area contributed by atoms with Crippen molar-refractivity contribution in [3.05, 3.63) is 240 Å². The number of nitrogens with one attached hydrogen (secondary N) is 1. The van der Waals surface area contributed by atoms with Gasteiger partial charge in [0.25, 0.3) is 0 Å². The molecule has 0 fully saturated rings. The molecule has 0 spiro atoms. The van der Waals surface area contributed by atoms with E-state index in [1.807, 2.05) is 60.7 Å². The molecular formula is C63H46ClN3O3. The third kappa shape index (κ3) is 8.04. The van der Waals surface area contributed by atoms with Gasteiger partial charge in [-0.1, -0.05) is 109 Å². The summed E-state index contributed by atoms with van der Waals surface area (Å²) in [4.78, 5) is 4.58. The minimum Gasteiger partial charge on any atom is -0.456 e. The largest absolute Gasteiger partial charge is 0.456 e. The first-order chi connectivity index (χ1) is 34.3. The van der Waals surface area contributed by atoms with Crippen LogP contribution < -0.4 is 15.1 Å². The summed E-state index contributed by atoms with van der Waals surface area (Å²) in [5.74, 6) is 2.34. The van der Waals surface area contributed by atoms with Crippen LogP contribution in [0.25, 0.3) is 66.9 Å². The zero-order chi connectivity index (χ0) is 47.3. The molecule has 0 unspecified atom stereocenters. The van der Waals surface area contributed by atoms with Crippen LogP contribution in [0, 0.1) is 20.8 Å². The van der Waals surface area contributed by atoms with Crippen molar-refractivity contribution in [2.45, 2.75) is 20.8 Å². The molecule has 12 aromatic rings. The Morgan fingerprint density at radius 1 is 0.386 bits per heavy atom. The van der Waals surface area contributed by atoms with Crippen LogP contribution in [-0.2, 0) is 0 Å². The standard InChI is InChI=1S/C63H46ClN3O3/c1-40-31-54(65-49-34-47(60-37-45-18-8-11-25-57(45)69-60)33-48(35-49)61-38-46-19-9-12-26-58(46)70-61)62(64)55(32-40)67(63-41(2)15-13-16-42(63)3)53-23-14-22-52(39-53)66(50-20-5-4-6-21-50)51-29-27-43(28-30-51)59-36-44-17-7-10-24-56(44)68-59/h4-39,65H,1-3H3. The maximum atomic E-state index is 7.78. The number of halogens is 1. The Hall–Kier alpha value is -8.71. The predicted molar refractivity (Wildman–Crippen MR) is 290 cm³/mol. The molecule has 338 valence electrons. The van der Waals surface area contributed by atoms with Gasteiger partial charge in [0.1, 0.15) is 34.0 Å². The van der Waals surface area contributed by atoms with Crippen molar-refractivity contribution >= 4 is 90.0 Å². The maximum absolute atomic E-state index is 7.78. The fraction of sp³-hybridized carbons (Fsp3) is 0.0476. The highest BCUT2D eigenvalue weighted by molar-refractivity contribution is 6.36. The van der Waals surface area contributed by atoms with Crippen molar-refractivity contribution in [1.29, 1.82) is 0 Å². The van der Waals surface area contributed by atoms with E-state index in [9.17, 15) is 0 Å².